The Kier molecular flexibility index (Phi) is 5.75. The third kappa shape index (κ3) is 4.29. The van der Waals surface area contributed by atoms with Crippen LogP contribution in [0.4, 0.5) is 5.69 Å². The van der Waals surface area contributed by atoms with E-state index in [9.17, 15) is 9.59 Å². The van der Waals surface area contributed by atoms with Gasteiger partial charge >= 0.3 is 0 Å². The molecule has 0 aliphatic carbocycles. The van der Waals surface area contributed by atoms with Gasteiger partial charge in [0.15, 0.2) is 0 Å². The van der Waals surface area contributed by atoms with E-state index in [1.54, 1.807) is 4.90 Å². The molecule has 1 N–H and O–H groups in total. The van der Waals surface area contributed by atoms with Crippen molar-refractivity contribution in [1.82, 2.24) is 5.32 Å². The third-order valence-electron chi connectivity index (χ3n) is 3.53. The molecule has 5 heteroatoms. The van der Waals surface area contributed by atoms with Gasteiger partial charge in [-0.25, -0.2) is 0 Å². The number of carbonyl (C=O) groups is 2. The Morgan fingerprint density at radius 3 is 2.86 bits per heavy atom. The zero-order valence-corrected chi connectivity index (χ0v) is 12.4. The van der Waals surface area contributed by atoms with Crippen molar-refractivity contribution in [3.63, 3.8) is 0 Å². The van der Waals surface area contributed by atoms with Gasteiger partial charge in [0.2, 0.25) is 11.8 Å². The predicted molar refractivity (Wildman–Crippen MR) is 81.0 cm³/mol. The molecule has 0 saturated carbocycles. The molecule has 0 radical (unpaired) electrons. The average molecular weight is 290 g/mol. The molecule has 0 aromatic heterocycles. The van der Waals surface area contributed by atoms with Crippen molar-refractivity contribution < 1.29 is 14.3 Å². The summed E-state index contributed by atoms with van der Waals surface area (Å²) in [6.45, 7) is 4.34. The van der Waals surface area contributed by atoms with E-state index in [1.807, 2.05) is 37.3 Å². The smallest absolute Gasteiger partial charge is 0.227 e. The van der Waals surface area contributed by atoms with Gasteiger partial charge in [0.05, 0.1) is 5.92 Å². The van der Waals surface area contributed by atoms with Gasteiger partial charge in [-0.15, -0.1) is 0 Å². The van der Waals surface area contributed by atoms with Gasteiger partial charge in [0.1, 0.15) is 0 Å². The number of benzene rings is 1. The van der Waals surface area contributed by atoms with Gasteiger partial charge in [-0.2, -0.15) is 0 Å². The lowest BCUT2D eigenvalue weighted by molar-refractivity contribution is -0.126. The summed E-state index contributed by atoms with van der Waals surface area (Å²) in [5.74, 6) is -0.293. The van der Waals surface area contributed by atoms with Crippen molar-refractivity contribution in [2.75, 3.05) is 31.2 Å². The highest BCUT2D eigenvalue weighted by molar-refractivity contribution is 6.00. The summed E-state index contributed by atoms with van der Waals surface area (Å²) < 4.78 is 5.22. The molecule has 1 aliphatic rings. The lowest BCUT2D eigenvalue weighted by atomic mass is 10.1. The molecule has 0 bridgehead atoms. The number of rotatable bonds is 7. The summed E-state index contributed by atoms with van der Waals surface area (Å²) in [5, 5.41) is 2.88. The molecular formula is C16H22N2O3. The van der Waals surface area contributed by atoms with Crippen LogP contribution in [0.5, 0.6) is 0 Å². The monoisotopic (exact) mass is 290 g/mol. The molecule has 1 atom stereocenters. The lowest BCUT2D eigenvalue weighted by Crippen LogP contribution is -2.33. The summed E-state index contributed by atoms with van der Waals surface area (Å²) in [7, 11) is 0. The molecule has 0 spiro atoms. The van der Waals surface area contributed by atoms with Crippen LogP contribution in [0, 0.1) is 5.92 Å². The molecule has 2 amide bonds. The van der Waals surface area contributed by atoms with Gasteiger partial charge in [-0.1, -0.05) is 18.2 Å². The Morgan fingerprint density at radius 2 is 2.14 bits per heavy atom. The highest BCUT2D eigenvalue weighted by Gasteiger charge is 2.34. The van der Waals surface area contributed by atoms with E-state index in [0.29, 0.717) is 26.3 Å². The van der Waals surface area contributed by atoms with Crippen LogP contribution >= 0.6 is 0 Å². The van der Waals surface area contributed by atoms with E-state index in [2.05, 4.69) is 5.32 Å². The van der Waals surface area contributed by atoms with Crippen LogP contribution in [-0.2, 0) is 14.3 Å². The fourth-order valence-electron chi connectivity index (χ4n) is 2.42. The van der Waals surface area contributed by atoms with E-state index in [0.717, 1.165) is 12.1 Å². The van der Waals surface area contributed by atoms with E-state index < -0.39 is 0 Å². The maximum atomic E-state index is 12.1. The quantitative estimate of drug-likeness (QED) is 0.776. The number of ether oxygens (including phenoxy) is 1. The predicted octanol–water partition coefficient (Wildman–Crippen LogP) is 1.58. The first-order valence-corrected chi connectivity index (χ1v) is 7.43. The molecule has 1 aromatic carbocycles. The number of nitrogens with one attached hydrogen (secondary N) is 1. The fraction of sp³-hybridized carbons (Fsp3) is 0.500. The first-order valence-electron chi connectivity index (χ1n) is 7.43. The van der Waals surface area contributed by atoms with Gasteiger partial charge in [0.25, 0.3) is 0 Å². The molecule has 2 rings (SSSR count). The second kappa shape index (κ2) is 7.78. The molecule has 1 saturated heterocycles. The average Bonchev–Trinajstić information content (AvgIpc) is 2.90. The van der Waals surface area contributed by atoms with Gasteiger partial charge in [-0.05, 0) is 25.5 Å². The first kappa shape index (κ1) is 15.5. The van der Waals surface area contributed by atoms with E-state index >= 15 is 0 Å². The molecule has 114 valence electrons. The largest absolute Gasteiger partial charge is 0.382 e. The lowest BCUT2D eigenvalue weighted by Gasteiger charge is -2.16. The summed E-state index contributed by atoms with van der Waals surface area (Å²) in [4.78, 5) is 25.8. The molecule has 21 heavy (non-hydrogen) atoms. The minimum Gasteiger partial charge on any atom is -0.382 e. The summed E-state index contributed by atoms with van der Waals surface area (Å²) >= 11 is 0. The summed E-state index contributed by atoms with van der Waals surface area (Å²) in [6, 6.07) is 9.47. The SMILES string of the molecule is CCOCCCNC(=O)C1CC(=O)N(c2ccccc2)C1. The highest BCUT2D eigenvalue weighted by Crippen LogP contribution is 2.24. The normalized spacial score (nSPS) is 18.0. The van der Waals surface area contributed by atoms with Crippen LogP contribution in [0.2, 0.25) is 0 Å². The minimum atomic E-state index is -0.259. The Hall–Kier alpha value is -1.88. The highest BCUT2D eigenvalue weighted by atomic mass is 16.5. The van der Waals surface area contributed by atoms with Crippen molar-refractivity contribution >= 4 is 17.5 Å². The van der Waals surface area contributed by atoms with Crippen molar-refractivity contribution in [1.29, 1.82) is 0 Å². The molecule has 1 aliphatic heterocycles. The maximum Gasteiger partial charge on any atom is 0.227 e. The standard InChI is InChI=1S/C16H22N2O3/c1-2-21-10-6-9-17-16(20)13-11-15(19)18(12-13)14-7-4-3-5-8-14/h3-5,7-8,13H,2,6,9-12H2,1H3,(H,17,20). The number of hydrogen-bond acceptors (Lipinski definition) is 3. The zero-order chi connectivity index (χ0) is 15.1. The Morgan fingerprint density at radius 1 is 1.38 bits per heavy atom. The zero-order valence-electron chi connectivity index (χ0n) is 12.4. The Labute approximate surface area is 125 Å². The van der Waals surface area contributed by atoms with Crippen LogP contribution in [0.3, 0.4) is 0 Å². The Bertz CT molecular complexity index is 476. The minimum absolute atomic E-state index is 0.00988. The van der Waals surface area contributed by atoms with Crippen molar-refractivity contribution in [2.24, 2.45) is 5.92 Å². The summed E-state index contributed by atoms with van der Waals surface area (Å²) in [5.41, 5.74) is 0.856. The van der Waals surface area contributed by atoms with Crippen LogP contribution in [0.1, 0.15) is 19.8 Å². The Balaban J connectivity index is 1.80. The fourth-order valence-corrected chi connectivity index (χ4v) is 2.42. The molecule has 1 fully saturated rings. The van der Waals surface area contributed by atoms with Gasteiger partial charge < -0.3 is 15.0 Å². The second-order valence-electron chi connectivity index (χ2n) is 5.08. The molecule has 5 nitrogen and oxygen atoms in total. The third-order valence-corrected chi connectivity index (χ3v) is 3.53. The first-order chi connectivity index (χ1) is 10.2. The molecule has 1 aromatic rings. The number of hydrogen-bond donors (Lipinski definition) is 1. The number of carbonyl (C=O) groups excluding carboxylic acids is 2. The number of anilines is 1. The summed E-state index contributed by atoms with van der Waals surface area (Å²) in [6.07, 6.45) is 1.08. The van der Waals surface area contributed by atoms with Gasteiger partial charge in [-0.3, -0.25) is 9.59 Å². The van der Waals surface area contributed by atoms with E-state index in [1.165, 1.54) is 0 Å². The van der Waals surface area contributed by atoms with Crippen molar-refractivity contribution in [2.45, 2.75) is 19.8 Å². The topological polar surface area (TPSA) is 58.6 Å². The molecular weight excluding hydrogens is 268 g/mol. The second-order valence-corrected chi connectivity index (χ2v) is 5.08. The number of nitrogens with zero attached hydrogens (tertiary/aromatic N) is 1. The van der Waals surface area contributed by atoms with Crippen LogP contribution in [0.15, 0.2) is 30.3 Å². The van der Waals surface area contributed by atoms with E-state index in [4.69, 9.17) is 4.74 Å². The van der Waals surface area contributed by atoms with Crippen LogP contribution < -0.4 is 10.2 Å². The molecule has 1 unspecified atom stereocenters. The van der Waals surface area contributed by atoms with Crippen LogP contribution in [0.25, 0.3) is 0 Å². The van der Waals surface area contributed by atoms with Crippen molar-refractivity contribution in [3.05, 3.63) is 30.3 Å². The van der Waals surface area contributed by atoms with Crippen LogP contribution in [-0.4, -0.2) is 38.1 Å². The van der Waals surface area contributed by atoms with E-state index in [-0.39, 0.29) is 24.2 Å². The maximum absolute atomic E-state index is 12.1. The van der Waals surface area contributed by atoms with Gasteiger partial charge in [0, 0.05) is 38.4 Å². The molecule has 1 heterocycles. The number of amides is 2. The number of para-hydroxylation sites is 1. The van der Waals surface area contributed by atoms with Crippen molar-refractivity contribution in [3.8, 4) is 0 Å².